The number of ketones is 1. The van der Waals surface area contributed by atoms with E-state index in [4.69, 9.17) is 34.7 Å². The predicted octanol–water partition coefficient (Wildman–Crippen LogP) is 5.67. The molecule has 0 fully saturated rings. The fraction of sp³-hybridized carbons (Fsp3) is 0.467. The summed E-state index contributed by atoms with van der Waals surface area (Å²) in [5.74, 6) is -1.28. The quantitative estimate of drug-likeness (QED) is 0.195. The molecule has 0 amide bonds. The molecule has 2 aromatic rings. The molecule has 1 aliphatic rings. The first-order valence-electron chi connectivity index (χ1n) is 13.3. The van der Waals surface area contributed by atoms with Gasteiger partial charge in [0.2, 0.25) is 0 Å². The normalized spacial score (nSPS) is 12.2. The number of hydrogen-bond donors (Lipinski definition) is 2. The van der Waals surface area contributed by atoms with E-state index in [0.717, 1.165) is 0 Å². The van der Waals surface area contributed by atoms with Crippen molar-refractivity contribution in [3.05, 3.63) is 46.3 Å². The summed E-state index contributed by atoms with van der Waals surface area (Å²) >= 11 is 0. The number of nitriles is 1. The standard InChI is InChI=1S/C30H36FN3O7.BrH/c1-30(2,3)20-13-18(14-23(40-12-8-9-24(36)37)27(20)41-11-7-6-10-32)21(35)17-34-16-19-15-22(38-4)28(39-5)26(31)25(19)29(34)33;/h13-15,33H,6-9,11-12,16-17H2,1-5H3,(H,36,37);1H. The van der Waals surface area contributed by atoms with Crippen molar-refractivity contribution >= 4 is 34.6 Å². The van der Waals surface area contributed by atoms with Gasteiger partial charge in [0.25, 0.3) is 0 Å². The number of carbonyl (C=O) groups is 2. The molecule has 0 atom stereocenters. The van der Waals surface area contributed by atoms with Crippen molar-refractivity contribution in [2.24, 2.45) is 0 Å². The van der Waals surface area contributed by atoms with E-state index in [0.29, 0.717) is 41.0 Å². The molecular formula is C30H37BrFN3O7. The number of nitrogens with one attached hydrogen (secondary N) is 1. The minimum Gasteiger partial charge on any atom is -0.493 e. The van der Waals surface area contributed by atoms with Gasteiger partial charge in [-0.05, 0) is 42.0 Å². The van der Waals surface area contributed by atoms with E-state index >= 15 is 4.39 Å². The number of methoxy groups -OCH3 is 2. The molecule has 12 heteroatoms. The van der Waals surface area contributed by atoms with E-state index in [2.05, 4.69) is 6.07 Å². The molecule has 228 valence electrons. The third-order valence-corrected chi connectivity index (χ3v) is 6.60. The zero-order valence-corrected chi connectivity index (χ0v) is 26.2. The molecule has 0 saturated heterocycles. The first-order chi connectivity index (χ1) is 19.4. The monoisotopic (exact) mass is 649 g/mol. The molecule has 0 aromatic heterocycles. The second kappa shape index (κ2) is 14.9. The molecule has 2 aromatic carbocycles. The molecule has 0 bridgehead atoms. The van der Waals surface area contributed by atoms with Crippen LogP contribution in [0.4, 0.5) is 4.39 Å². The first-order valence-corrected chi connectivity index (χ1v) is 13.3. The van der Waals surface area contributed by atoms with Crippen molar-refractivity contribution in [1.82, 2.24) is 4.90 Å². The number of Topliss-reactive ketones (excluding diaryl/α,β-unsaturated/α-hetero) is 1. The van der Waals surface area contributed by atoms with E-state index in [1.165, 1.54) is 19.1 Å². The van der Waals surface area contributed by atoms with Gasteiger partial charge in [0.15, 0.2) is 34.6 Å². The first kappa shape index (κ1) is 34.4. The summed E-state index contributed by atoms with van der Waals surface area (Å²) in [5, 5.41) is 26.4. The summed E-state index contributed by atoms with van der Waals surface area (Å²) in [6.45, 7) is 6.19. The second-order valence-corrected chi connectivity index (χ2v) is 10.6. The third kappa shape index (κ3) is 7.91. The number of carboxylic acid groups (broad SMARTS) is 1. The van der Waals surface area contributed by atoms with Crippen LogP contribution >= 0.6 is 17.0 Å². The number of nitrogens with zero attached hydrogens (tertiary/aromatic N) is 2. The Balaban J connectivity index is 0.00000616. The van der Waals surface area contributed by atoms with E-state index < -0.39 is 17.2 Å². The molecular weight excluding hydrogens is 613 g/mol. The number of rotatable bonds is 14. The largest absolute Gasteiger partial charge is 0.493 e. The molecule has 0 saturated carbocycles. The smallest absolute Gasteiger partial charge is 0.303 e. The fourth-order valence-electron chi connectivity index (χ4n) is 4.53. The molecule has 42 heavy (non-hydrogen) atoms. The molecule has 1 aliphatic heterocycles. The molecule has 3 rings (SSSR count). The lowest BCUT2D eigenvalue weighted by atomic mass is 9.84. The number of fused-ring (bicyclic) bond motifs is 1. The van der Waals surface area contributed by atoms with Gasteiger partial charge in [0, 0.05) is 30.5 Å². The molecule has 1 heterocycles. The Bertz CT molecular complexity index is 1370. The lowest BCUT2D eigenvalue weighted by Gasteiger charge is -2.26. The summed E-state index contributed by atoms with van der Waals surface area (Å²) in [5.41, 5.74) is 1.12. The summed E-state index contributed by atoms with van der Waals surface area (Å²) in [7, 11) is 2.72. The lowest BCUT2D eigenvalue weighted by molar-refractivity contribution is -0.137. The van der Waals surface area contributed by atoms with Crippen LogP contribution < -0.4 is 18.9 Å². The van der Waals surface area contributed by atoms with Gasteiger partial charge in [-0.3, -0.25) is 15.0 Å². The van der Waals surface area contributed by atoms with Gasteiger partial charge in [0.1, 0.15) is 5.84 Å². The van der Waals surface area contributed by atoms with Crippen molar-refractivity contribution < 1.29 is 38.0 Å². The maximum Gasteiger partial charge on any atom is 0.303 e. The Morgan fingerprint density at radius 3 is 2.36 bits per heavy atom. The molecule has 10 nitrogen and oxygen atoms in total. The molecule has 0 radical (unpaired) electrons. The van der Waals surface area contributed by atoms with Crippen molar-refractivity contribution in [2.75, 3.05) is 34.0 Å². The van der Waals surface area contributed by atoms with Gasteiger partial charge in [-0.1, -0.05) is 20.8 Å². The highest BCUT2D eigenvalue weighted by Gasteiger charge is 2.33. The molecule has 2 N–H and O–H groups in total. The van der Waals surface area contributed by atoms with Crippen LogP contribution in [-0.4, -0.2) is 61.6 Å². The van der Waals surface area contributed by atoms with Crippen LogP contribution in [0.25, 0.3) is 0 Å². The summed E-state index contributed by atoms with van der Waals surface area (Å²) < 4.78 is 37.5. The van der Waals surface area contributed by atoms with Gasteiger partial charge < -0.3 is 29.0 Å². The number of carbonyl (C=O) groups excluding carboxylic acids is 1. The molecule has 0 unspecified atom stereocenters. The van der Waals surface area contributed by atoms with Crippen molar-refractivity contribution in [1.29, 1.82) is 10.7 Å². The number of carboxylic acids is 1. The number of halogens is 2. The number of amidine groups is 1. The predicted molar refractivity (Wildman–Crippen MR) is 159 cm³/mol. The number of aliphatic carboxylic acids is 1. The van der Waals surface area contributed by atoms with Crippen LogP contribution in [0.1, 0.15) is 73.5 Å². The van der Waals surface area contributed by atoms with Gasteiger partial charge in [-0.25, -0.2) is 4.39 Å². The Morgan fingerprint density at radius 2 is 1.76 bits per heavy atom. The zero-order valence-electron chi connectivity index (χ0n) is 24.5. The Hall–Kier alpha value is -3.85. The van der Waals surface area contributed by atoms with E-state index in [1.54, 1.807) is 18.2 Å². The summed E-state index contributed by atoms with van der Waals surface area (Å²) in [6, 6.07) is 6.97. The fourth-order valence-corrected chi connectivity index (χ4v) is 4.53. The van der Waals surface area contributed by atoms with Crippen LogP contribution in [0.5, 0.6) is 23.0 Å². The molecule has 0 aliphatic carbocycles. The SMILES string of the molecule is Br.COc1cc2c(c(F)c1OC)C(=N)N(CC(=O)c1cc(OCCCC(=O)O)c(OCCCC#N)c(C(C)(C)C)c1)C2. The zero-order chi connectivity index (χ0) is 30.3. The van der Waals surface area contributed by atoms with Crippen molar-refractivity contribution in [3.63, 3.8) is 0 Å². The van der Waals surface area contributed by atoms with Crippen LogP contribution in [0, 0.1) is 22.6 Å². The Kier molecular flexibility index (Phi) is 12.2. The minimum absolute atomic E-state index is 0. The van der Waals surface area contributed by atoms with Crippen LogP contribution in [0.15, 0.2) is 18.2 Å². The van der Waals surface area contributed by atoms with Crippen LogP contribution in [0.3, 0.4) is 0 Å². The lowest BCUT2D eigenvalue weighted by Crippen LogP contribution is -2.30. The topological polar surface area (TPSA) is 142 Å². The highest BCUT2D eigenvalue weighted by Crippen LogP contribution is 2.41. The van der Waals surface area contributed by atoms with Crippen molar-refractivity contribution in [3.8, 4) is 29.1 Å². The highest BCUT2D eigenvalue weighted by molar-refractivity contribution is 8.93. The van der Waals surface area contributed by atoms with E-state index in [1.807, 2.05) is 20.8 Å². The maximum atomic E-state index is 15.2. The number of unbranched alkanes of at least 4 members (excludes halogenated alkanes) is 1. The third-order valence-electron chi connectivity index (χ3n) is 6.60. The second-order valence-electron chi connectivity index (χ2n) is 10.6. The van der Waals surface area contributed by atoms with Gasteiger partial charge in [0.05, 0.1) is 45.6 Å². The van der Waals surface area contributed by atoms with E-state index in [9.17, 15) is 9.59 Å². The average Bonchev–Trinajstić information content (AvgIpc) is 3.22. The number of benzene rings is 2. The van der Waals surface area contributed by atoms with Crippen LogP contribution in [-0.2, 0) is 16.8 Å². The summed E-state index contributed by atoms with van der Waals surface area (Å²) in [6.07, 6.45) is 1.00. The maximum absolute atomic E-state index is 15.2. The van der Waals surface area contributed by atoms with Gasteiger partial charge in [-0.2, -0.15) is 5.26 Å². The van der Waals surface area contributed by atoms with E-state index in [-0.39, 0.29) is 84.8 Å². The Morgan fingerprint density at radius 1 is 1.07 bits per heavy atom. The minimum atomic E-state index is -0.943. The van der Waals surface area contributed by atoms with Crippen LogP contribution in [0.2, 0.25) is 0 Å². The van der Waals surface area contributed by atoms with Crippen molar-refractivity contribution in [2.45, 2.75) is 58.4 Å². The summed E-state index contributed by atoms with van der Waals surface area (Å²) in [4.78, 5) is 26.0. The van der Waals surface area contributed by atoms with Gasteiger partial charge in [-0.15, -0.1) is 17.0 Å². The number of ether oxygens (including phenoxy) is 4. The average molecular weight is 651 g/mol. The Labute approximate surface area is 255 Å². The number of hydrogen-bond acceptors (Lipinski definition) is 8. The molecule has 0 spiro atoms. The van der Waals surface area contributed by atoms with Gasteiger partial charge >= 0.3 is 5.97 Å². The highest BCUT2D eigenvalue weighted by atomic mass is 79.9.